The first-order valence-electron chi connectivity index (χ1n) is 8.12. The van der Waals surface area contributed by atoms with E-state index in [0.717, 1.165) is 22.6 Å². The van der Waals surface area contributed by atoms with Gasteiger partial charge < -0.3 is 4.90 Å². The predicted molar refractivity (Wildman–Crippen MR) is 93.3 cm³/mol. The number of hydrogen-bond donors (Lipinski definition) is 0. The molecule has 2 aromatic rings. The van der Waals surface area contributed by atoms with E-state index in [9.17, 15) is 31.7 Å². The summed E-state index contributed by atoms with van der Waals surface area (Å²) in [7, 11) is -4.07. The fourth-order valence-electron chi connectivity index (χ4n) is 2.86. The maximum Gasteiger partial charge on any atom is 0.417 e. The van der Waals surface area contributed by atoms with Crippen molar-refractivity contribution in [2.24, 2.45) is 0 Å². The van der Waals surface area contributed by atoms with Crippen LogP contribution >= 0.6 is 0 Å². The average Bonchev–Trinajstić information content (AvgIpc) is 2.67. The monoisotopic (exact) mass is 416 g/mol. The zero-order valence-corrected chi connectivity index (χ0v) is 15.2. The summed E-state index contributed by atoms with van der Waals surface area (Å²) in [5.74, 6) is 0.302. The Bertz CT molecular complexity index is 972. The molecule has 1 aliphatic heterocycles. The van der Waals surface area contributed by atoms with E-state index in [0.29, 0.717) is 5.82 Å². The molecule has 2 heterocycles. The molecule has 0 bridgehead atoms. The Labute approximate surface area is 158 Å². The van der Waals surface area contributed by atoms with Crippen LogP contribution in [0.4, 0.5) is 24.7 Å². The van der Waals surface area contributed by atoms with E-state index in [-0.39, 0.29) is 31.1 Å². The highest BCUT2D eigenvalue weighted by Crippen LogP contribution is 2.30. The molecule has 0 spiro atoms. The Kier molecular flexibility index (Phi) is 5.26. The molecular weight excluding hydrogens is 401 g/mol. The molecule has 1 aliphatic rings. The molecule has 0 atom stereocenters. The molecule has 1 aromatic heterocycles. The van der Waals surface area contributed by atoms with Crippen molar-refractivity contribution in [3.8, 4) is 0 Å². The summed E-state index contributed by atoms with van der Waals surface area (Å²) in [5, 5.41) is 11.1. The molecule has 12 heteroatoms. The Morgan fingerprint density at radius 2 is 1.68 bits per heavy atom. The zero-order valence-electron chi connectivity index (χ0n) is 14.3. The summed E-state index contributed by atoms with van der Waals surface area (Å²) in [4.78, 5) is 15.4. The molecule has 0 unspecified atom stereocenters. The minimum absolute atomic E-state index is 0.0249. The number of aromatic nitrogens is 1. The van der Waals surface area contributed by atoms with Gasteiger partial charge in [-0.3, -0.25) is 10.1 Å². The van der Waals surface area contributed by atoms with Gasteiger partial charge in [-0.25, -0.2) is 13.4 Å². The highest BCUT2D eigenvalue weighted by molar-refractivity contribution is 7.89. The first kappa shape index (κ1) is 20.0. The van der Waals surface area contributed by atoms with E-state index >= 15 is 0 Å². The van der Waals surface area contributed by atoms with Gasteiger partial charge in [0.15, 0.2) is 4.90 Å². The number of nitro groups is 1. The van der Waals surface area contributed by atoms with Gasteiger partial charge in [0.2, 0.25) is 10.0 Å². The van der Waals surface area contributed by atoms with Crippen LogP contribution in [0.25, 0.3) is 0 Å². The Morgan fingerprint density at radius 3 is 2.21 bits per heavy atom. The number of benzene rings is 1. The molecule has 28 heavy (non-hydrogen) atoms. The fourth-order valence-corrected chi connectivity index (χ4v) is 4.44. The normalized spacial score (nSPS) is 16.2. The van der Waals surface area contributed by atoms with Crippen molar-refractivity contribution in [2.75, 3.05) is 31.1 Å². The summed E-state index contributed by atoms with van der Waals surface area (Å²) in [5.41, 5.74) is -1.37. The molecule has 0 radical (unpaired) electrons. The molecule has 3 rings (SSSR count). The average molecular weight is 416 g/mol. The lowest BCUT2D eigenvalue weighted by molar-refractivity contribution is -0.387. The number of halogens is 3. The molecule has 0 saturated carbocycles. The first-order chi connectivity index (χ1) is 13.1. The van der Waals surface area contributed by atoms with E-state index in [2.05, 4.69) is 4.98 Å². The number of sulfonamides is 1. The lowest BCUT2D eigenvalue weighted by Crippen LogP contribution is -2.49. The molecule has 0 amide bonds. The van der Waals surface area contributed by atoms with Crippen molar-refractivity contribution in [3.63, 3.8) is 0 Å². The van der Waals surface area contributed by atoms with Gasteiger partial charge in [0.25, 0.3) is 5.69 Å². The van der Waals surface area contributed by atoms with Gasteiger partial charge in [0.05, 0.1) is 10.5 Å². The van der Waals surface area contributed by atoms with Crippen molar-refractivity contribution in [2.45, 2.75) is 11.1 Å². The van der Waals surface area contributed by atoms with Crippen LogP contribution in [0.1, 0.15) is 5.56 Å². The third-order valence-corrected chi connectivity index (χ3v) is 6.26. The maximum atomic E-state index is 12.8. The Balaban J connectivity index is 1.74. The van der Waals surface area contributed by atoms with Crippen LogP contribution in [-0.4, -0.2) is 48.8 Å². The van der Waals surface area contributed by atoms with Crippen LogP contribution in [0.15, 0.2) is 47.5 Å². The summed E-state index contributed by atoms with van der Waals surface area (Å²) in [6.45, 7) is 0.435. The molecule has 0 N–H and O–H groups in total. The van der Waals surface area contributed by atoms with E-state index in [4.69, 9.17) is 0 Å². The van der Waals surface area contributed by atoms with Gasteiger partial charge in [0, 0.05) is 38.4 Å². The molecule has 8 nitrogen and oxygen atoms in total. The van der Waals surface area contributed by atoms with Crippen molar-refractivity contribution < 1.29 is 26.5 Å². The van der Waals surface area contributed by atoms with Crippen LogP contribution in [0.5, 0.6) is 0 Å². The second kappa shape index (κ2) is 7.36. The molecule has 150 valence electrons. The molecule has 1 fully saturated rings. The van der Waals surface area contributed by atoms with Crippen molar-refractivity contribution >= 4 is 21.5 Å². The van der Waals surface area contributed by atoms with E-state index in [1.54, 1.807) is 4.90 Å². The smallest absolute Gasteiger partial charge is 0.354 e. The third kappa shape index (κ3) is 3.92. The van der Waals surface area contributed by atoms with E-state index in [1.807, 2.05) is 0 Å². The largest absolute Gasteiger partial charge is 0.417 e. The third-order valence-electron chi connectivity index (χ3n) is 4.32. The Morgan fingerprint density at radius 1 is 1.04 bits per heavy atom. The van der Waals surface area contributed by atoms with Gasteiger partial charge in [-0.1, -0.05) is 12.1 Å². The molecular formula is C16H15F3N4O4S. The van der Waals surface area contributed by atoms with Crippen LogP contribution < -0.4 is 4.90 Å². The summed E-state index contributed by atoms with van der Waals surface area (Å²) in [6, 6.07) is 7.23. The van der Waals surface area contributed by atoms with Crippen molar-refractivity contribution in [1.82, 2.24) is 9.29 Å². The minimum Gasteiger partial charge on any atom is -0.354 e. The lowest BCUT2D eigenvalue weighted by Gasteiger charge is -2.34. The van der Waals surface area contributed by atoms with Crippen LogP contribution in [0, 0.1) is 10.1 Å². The van der Waals surface area contributed by atoms with Crippen molar-refractivity contribution in [3.05, 3.63) is 58.3 Å². The van der Waals surface area contributed by atoms with Crippen molar-refractivity contribution in [1.29, 1.82) is 0 Å². The van der Waals surface area contributed by atoms with Crippen LogP contribution in [0.2, 0.25) is 0 Å². The van der Waals surface area contributed by atoms with Crippen LogP contribution in [0.3, 0.4) is 0 Å². The second-order valence-electron chi connectivity index (χ2n) is 6.02. The summed E-state index contributed by atoms with van der Waals surface area (Å²) >= 11 is 0. The quantitative estimate of drug-likeness (QED) is 0.561. The zero-order chi connectivity index (χ0) is 20.5. The predicted octanol–water partition coefficient (Wildman–Crippen LogP) is 2.52. The summed E-state index contributed by atoms with van der Waals surface area (Å²) in [6.07, 6.45) is -3.76. The van der Waals surface area contributed by atoms with E-state index < -0.39 is 32.4 Å². The molecule has 0 aliphatic carbocycles. The molecule has 1 saturated heterocycles. The summed E-state index contributed by atoms with van der Waals surface area (Å²) < 4.78 is 64.5. The Hall–Kier alpha value is -2.73. The second-order valence-corrected chi connectivity index (χ2v) is 7.93. The fraction of sp³-hybridized carbons (Fsp3) is 0.312. The number of piperazine rings is 1. The van der Waals surface area contributed by atoms with Gasteiger partial charge >= 0.3 is 6.18 Å². The maximum absolute atomic E-state index is 12.8. The minimum atomic E-state index is -4.48. The number of anilines is 1. The van der Waals surface area contributed by atoms with Gasteiger partial charge in [-0.15, -0.1) is 0 Å². The topological polar surface area (TPSA) is 96.6 Å². The standard InChI is InChI=1S/C16H15F3N4O4S/c17-16(18,19)12-5-6-15(20-11-12)21-7-9-22(10-8-21)28(26,27)14-4-2-1-3-13(14)23(24)25/h1-6,11H,7-10H2. The number of pyridine rings is 1. The lowest BCUT2D eigenvalue weighted by atomic mass is 10.2. The highest BCUT2D eigenvalue weighted by Gasteiger charge is 2.34. The number of hydrogen-bond acceptors (Lipinski definition) is 6. The molecule has 1 aromatic carbocycles. The number of nitro benzene ring substituents is 1. The first-order valence-corrected chi connectivity index (χ1v) is 9.56. The van der Waals surface area contributed by atoms with Crippen LogP contribution in [-0.2, 0) is 16.2 Å². The number of para-hydroxylation sites is 1. The SMILES string of the molecule is O=[N+]([O-])c1ccccc1S(=O)(=O)N1CCN(c2ccc(C(F)(F)F)cn2)CC1. The van der Waals surface area contributed by atoms with Gasteiger partial charge in [-0.2, -0.15) is 17.5 Å². The van der Waals surface area contributed by atoms with Gasteiger partial charge in [-0.05, 0) is 18.2 Å². The number of nitrogens with zero attached hydrogens (tertiary/aromatic N) is 4. The van der Waals surface area contributed by atoms with E-state index in [1.165, 1.54) is 24.3 Å². The number of rotatable bonds is 4. The number of alkyl halides is 3. The highest BCUT2D eigenvalue weighted by atomic mass is 32.2. The van der Waals surface area contributed by atoms with Gasteiger partial charge in [0.1, 0.15) is 5.82 Å².